The number of carbonyl (C=O) groups is 2. The van der Waals surface area contributed by atoms with Crippen LogP contribution in [-0.2, 0) is 22.6 Å². The van der Waals surface area contributed by atoms with Crippen LogP contribution >= 0.6 is 0 Å². The lowest BCUT2D eigenvalue weighted by Crippen LogP contribution is -2.44. The SMILES string of the molecule is COc1ccc(-c2cn(CC(=O)N[C@@H](Cc3c[nH]c4ccccc34)C(=O)O)c(=O)cn2)cc1. The van der Waals surface area contributed by atoms with Gasteiger partial charge in [0.25, 0.3) is 5.56 Å². The van der Waals surface area contributed by atoms with E-state index >= 15 is 0 Å². The number of aromatic nitrogens is 3. The van der Waals surface area contributed by atoms with Crippen LogP contribution in [0.3, 0.4) is 0 Å². The molecule has 2 aromatic carbocycles. The zero-order valence-corrected chi connectivity index (χ0v) is 17.8. The molecule has 0 bridgehead atoms. The second-order valence-electron chi connectivity index (χ2n) is 7.49. The number of rotatable bonds is 8. The van der Waals surface area contributed by atoms with Gasteiger partial charge in [-0.15, -0.1) is 0 Å². The molecular weight excluding hydrogens is 424 g/mol. The first kappa shape index (κ1) is 21.8. The molecule has 2 heterocycles. The molecule has 2 aromatic heterocycles. The van der Waals surface area contributed by atoms with Crippen molar-refractivity contribution in [1.82, 2.24) is 19.9 Å². The van der Waals surface area contributed by atoms with Crippen molar-refractivity contribution in [3.8, 4) is 17.0 Å². The van der Waals surface area contributed by atoms with Gasteiger partial charge in [-0.3, -0.25) is 9.59 Å². The van der Waals surface area contributed by atoms with E-state index in [1.165, 1.54) is 10.8 Å². The molecule has 0 aliphatic rings. The van der Waals surface area contributed by atoms with Crippen LogP contribution in [0.25, 0.3) is 22.2 Å². The maximum absolute atomic E-state index is 12.6. The summed E-state index contributed by atoms with van der Waals surface area (Å²) in [7, 11) is 1.56. The van der Waals surface area contributed by atoms with E-state index in [1.807, 2.05) is 24.3 Å². The lowest BCUT2D eigenvalue weighted by molar-refractivity contribution is -0.141. The molecule has 0 saturated heterocycles. The van der Waals surface area contributed by atoms with Crippen LogP contribution in [0.15, 0.2) is 71.9 Å². The number of amides is 1. The number of carbonyl (C=O) groups excluding carboxylic acids is 1. The van der Waals surface area contributed by atoms with Crippen LogP contribution in [0.1, 0.15) is 5.56 Å². The molecule has 0 saturated carbocycles. The number of benzene rings is 2. The molecule has 0 fully saturated rings. The summed E-state index contributed by atoms with van der Waals surface area (Å²) in [5, 5.41) is 13.1. The van der Waals surface area contributed by atoms with E-state index in [4.69, 9.17) is 4.74 Å². The highest BCUT2D eigenvalue weighted by molar-refractivity contribution is 5.86. The molecule has 3 N–H and O–H groups in total. The van der Waals surface area contributed by atoms with E-state index in [9.17, 15) is 19.5 Å². The molecule has 0 radical (unpaired) electrons. The number of hydrogen-bond donors (Lipinski definition) is 3. The van der Waals surface area contributed by atoms with Crippen molar-refractivity contribution in [1.29, 1.82) is 0 Å². The third-order valence-electron chi connectivity index (χ3n) is 5.31. The fraction of sp³-hybridized carbons (Fsp3) is 0.167. The normalized spacial score (nSPS) is 11.8. The number of carboxylic acid groups (broad SMARTS) is 1. The van der Waals surface area contributed by atoms with Crippen LogP contribution in [0.5, 0.6) is 5.75 Å². The maximum Gasteiger partial charge on any atom is 0.326 e. The fourth-order valence-corrected chi connectivity index (χ4v) is 3.59. The predicted octanol–water partition coefficient (Wildman–Crippen LogP) is 2.21. The number of aliphatic carboxylic acids is 1. The lowest BCUT2D eigenvalue weighted by Gasteiger charge is -2.15. The Kier molecular flexibility index (Phi) is 6.21. The number of ether oxygens (including phenoxy) is 1. The van der Waals surface area contributed by atoms with Gasteiger partial charge in [0.2, 0.25) is 5.91 Å². The number of aromatic amines is 1. The summed E-state index contributed by atoms with van der Waals surface area (Å²) in [4.78, 5) is 43.9. The van der Waals surface area contributed by atoms with Gasteiger partial charge in [-0.25, -0.2) is 9.78 Å². The quantitative estimate of drug-likeness (QED) is 0.381. The van der Waals surface area contributed by atoms with E-state index in [1.54, 1.807) is 37.6 Å². The molecule has 0 aliphatic carbocycles. The van der Waals surface area contributed by atoms with Gasteiger partial charge in [-0.1, -0.05) is 18.2 Å². The summed E-state index contributed by atoms with van der Waals surface area (Å²) in [5.41, 5.74) is 2.44. The van der Waals surface area contributed by atoms with Crippen molar-refractivity contribution in [3.05, 3.63) is 83.0 Å². The van der Waals surface area contributed by atoms with Gasteiger partial charge in [0.15, 0.2) is 0 Å². The van der Waals surface area contributed by atoms with E-state index in [0.717, 1.165) is 28.2 Å². The zero-order chi connectivity index (χ0) is 23.4. The monoisotopic (exact) mass is 446 g/mol. The molecule has 1 amide bonds. The summed E-state index contributed by atoms with van der Waals surface area (Å²) in [5.74, 6) is -1.06. The standard InChI is InChI=1S/C24H22N4O5/c1-33-17-8-6-15(7-9-17)21-13-28(23(30)12-26-21)14-22(29)27-20(24(31)32)10-16-11-25-19-5-3-2-4-18(16)19/h2-9,11-13,20,25H,10,14H2,1H3,(H,27,29)(H,31,32)/t20-/m0/s1. The Balaban J connectivity index is 1.49. The Morgan fingerprint density at radius 1 is 1.18 bits per heavy atom. The van der Waals surface area contributed by atoms with Crippen LogP contribution < -0.4 is 15.6 Å². The van der Waals surface area contributed by atoms with E-state index < -0.39 is 23.5 Å². The molecule has 0 aliphatic heterocycles. The van der Waals surface area contributed by atoms with Gasteiger partial charge < -0.3 is 24.7 Å². The van der Waals surface area contributed by atoms with Crippen LogP contribution in [0.2, 0.25) is 0 Å². The molecule has 33 heavy (non-hydrogen) atoms. The van der Waals surface area contributed by atoms with Gasteiger partial charge in [-0.2, -0.15) is 0 Å². The van der Waals surface area contributed by atoms with Crippen molar-refractivity contribution in [2.24, 2.45) is 0 Å². The number of hydrogen-bond acceptors (Lipinski definition) is 5. The first-order valence-corrected chi connectivity index (χ1v) is 10.2. The summed E-state index contributed by atoms with van der Waals surface area (Å²) >= 11 is 0. The van der Waals surface area contributed by atoms with Crippen molar-refractivity contribution in [2.45, 2.75) is 19.0 Å². The highest BCUT2D eigenvalue weighted by atomic mass is 16.5. The molecule has 1 atom stereocenters. The average molecular weight is 446 g/mol. The van der Waals surface area contributed by atoms with Gasteiger partial charge >= 0.3 is 5.97 Å². The number of para-hydroxylation sites is 1. The van der Waals surface area contributed by atoms with Crippen LogP contribution in [0.4, 0.5) is 0 Å². The van der Waals surface area contributed by atoms with Gasteiger partial charge in [0.1, 0.15) is 18.3 Å². The molecular formula is C24H22N4O5. The van der Waals surface area contributed by atoms with Crippen LogP contribution in [-0.4, -0.2) is 44.7 Å². The number of methoxy groups -OCH3 is 1. The summed E-state index contributed by atoms with van der Waals surface area (Å²) < 4.78 is 6.34. The molecule has 4 aromatic rings. The number of nitrogens with zero attached hydrogens (tertiary/aromatic N) is 2. The van der Waals surface area contributed by atoms with E-state index in [0.29, 0.717) is 11.4 Å². The molecule has 168 valence electrons. The Morgan fingerprint density at radius 3 is 2.67 bits per heavy atom. The first-order chi connectivity index (χ1) is 15.9. The first-order valence-electron chi connectivity index (χ1n) is 10.2. The Bertz CT molecular complexity index is 1360. The van der Waals surface area contributed by atoms with Crippen molar-refractivity contribution < 1.29 is 19.4 Å². The second-order valence-corrected chi connectivity index (χ2v) is 7.49. The minimum absolute atomic E-state index is 0.105. The van der Waals surface area contributed by atoms with Crippen molar-refractivity contribution >= 4 is 22.8 Å². The summed E-state index contributed by atoms with van der Waals surface area (Å²) in [6.45, 7) is -0.331. The smallest absolute Gasteiger partial charge is 0.326 e. The second kappa shape index (κ2) is 9.39. The molecule has 9 heteroatoms. The minimum Gasteiger partial charge on any atom is -0.497 e. The van der Waals surface area contributed by atoms with E-state index in [-0.39, 0.29) is 13.0 Å². The maximum atomic E-state index is 12.6. The van der Waals surface area contributed by atoms with Gasteiger partial charge in [0.05, 0.1) is 19.0 Å². The van der Waals surface area contributed by atoms with Gasteiger partial charge in [0, 0.05) is 35.3 Å². The zero-order valence-electron chi connectivity index (χ0n) is 17.8. The number of nitrogens with one attached hydrogen (secondary N) is 2. The van der Waals surface area contributed by atoms with Crippen molar-refractivity contribution in [3.63, 3.8) is 0 Å². The lowest BCUT2D eigenvalue weighted by atomic mass is 10.0. The topological polar surface area (TPSA) is 126 Å². The van der Waals surface area contributed by atoms with E-state index in [2.05, 4.69) is 15.3 Å². The molecule has 0 spiro atoms. The summed E-state index contributed by atoms with van der Waals surface area (Å²) in [6.07, 6.45) is 4.45. The fourth-order valence-electron chi connectivity index (χ4n) is 3.59. The largest absolute Gasteiger partial charge is 0.497 e. The molecule has 9 nitrogen and oxygen atoms in total. The molecule has 4 rings (SSSR count). The highest BCUT2D eigenvalue weighted by Crippen LogP contribution is 2.20. The van der Waals surface area contributed by atoms with Crippen LogP contribution in [0, 0.1) is 0 Å². The third kappa shape index (κ3) is 4.93. The Labute approximate surface area is 188 Å². The number of fused-ring (bicyclic) bond motifs is 1. The average Bonchev–Trinajstić information content (AvgIpc) is 3.23. The predicted molar refractivity (Wildman–Crippen MR) is 122 cm³/mol. The molecule has 0 unspecified atom stereocenters. The number of carboxylic acids is 1. The Hall–Kier alpha value is -4.40. The van der Waals surface area contributed by atoms with Gasteiger partial charge in [-0.05, 0) is 35.9 Å². The highest BCUT2D eigenvalue weighted by Gasteiger charge is 2.22. The number of H-pyrrole nitrogens is 1. The van der Waals surface area contributed by atoms with Crippen molar-refractivity contribution in [2.75, 3.05) is 7.11 Å². The Morgan fingerprint density at radius 2 is 1.94 bits per heavy atom. The third-order valence-corrected chi connectivity index (χ3v) is 5.31. The minimum atomic E-state index is -1.16. The summed E-state index contributed by atoms with van der Waals surface area (Å²) in [6, 6.07) is 13.5.